The van der Waals surface area contributed by atoms with Crippen molar-refractivity contribution in [3.63, 3.8) is 0 Å². The molecule has 3 rings (SSSR count). The van der Waals surface area contributed by atoms with Crippen LogP contribution in [0.25, 0.3) is 10.9 Å². The van der Waals surface area contributed by atoms with Gasteiger partial charge in [-0.1, -0.05) is 13.0 Å². The lowest BCUT2D eigenvalue weighted by Crippen LogP contribution is -2.40. The van der Waals surface area contributed by atoms with Crippen LogP contribution in [0.1, 0.15) is 30.1 Å². The highest BCUT2D eigenvalue weighted by Gasteiger charge is 2.23. The van der Waals surface area contributed by atoms with E-state index < -0.39 is 0 Å². The Hall–Kier alpha value is -1.85. The fourth-order valence-corrected chi connectivity index (χ4v) is 3.65. The van der Waals surface area contributed by atoms with E-state index in [2.05, 4.69) is 27.8 Å². The Morgan fingerprint density at radius 3 is 3.04 bits per heavy atom. The van der Waals surface area contributed by atoms with Crippen molar-refractivity contribution < 1.29 is 9.53 Å². The maximum Gasteiger partial charge on any atom is 0.252 e. The third kappa shape index (κ3) is 3.47. The van der Waals surface area contributed by atoms with Crippen LogP contribution in [0.3, 0.4) is 0 Å². The zero-order chi connectivity index (χ0) is 16.9. The van der Waals surface area contributed by atoms with Gasteiger partial charge in [-0.3, -0.25) is 9.69 Å². The van der Waals surface area contributed by atoms with E-state index in [-0.39, 0.29) is 5.91 Å². The van der Waals surface area contributed by atoms with E-state index in [0.29, 0.717) is 12.6 Å². The quantitative estimate of drug-likeness (QED) is 0.849. The van der Waals surface area contributed by atoms with E-state index in [1.807, 2.05) is 24.4 Å². The van der Waals surface area contributed by atoms with Crippen molar-refractivity contribution in [1.82, 2.24) is 14.8 Å². The number of nitrogens with zero attached hydrogens (tertiary/aromatic N) is 2. The van der Waals surface area contributed by atoms with Gasteiger partial charge in [-0.2, -0.15) is 0 Å². The third-order valence-electron chi connectivity index (χ3n) is 5.00. The number of likely N-dealkylation sites (tertiary alicyclic amines) is 1. The summed E-state index contributed by atoms with van der Waals surface area (Å²) in [6.45, 7) is 6.57. The van der Waals surface area contributed by atoms with Gasteiger partial charge >= 0.3 is 0 Å². The highest BCUT2D eigenvalue weighted by atomic mass is 16.5. The number of methoxy groups -OCH3 is 1. The van der Waals surface area contributed by atoms with Gasteiger partial charge in [-0.25, -0.2) is 0 Å². The molecule has 0 bridgehead atoms. The van der Waals surface area contributed by atoms with Crippen LogP contribution in [0.2, 0.25) is 0 Å². The average Bonchev–Trinajstić information content (AvgIpc) is 3.23. The zero-order valence-corrected chi connectivity index (χ0v) is 14.6. The molecule has 0 aliphatic carbocycles. The Kier molecular flexibility index (Phi) is 5.53. The van der Waals surface area contributed by atoms with Crippen LogP contribution < -0.4 is 5.32 Å². The number of nitrogens with one attached hydrogen (secondary N) is 1. The van der Waals surface area contributed by atoms with Crippen molar-refractivity contribution in [3.8, 4) is 0 Å². The number of carbonyl (C=O) groups excluding carboxylic acids is 1. The molecule has 1 amide bonds. The molecule has 1 aromatic carbocycles. The molecule has 1 fully saturated rings. The fraction of sp³-hybridized carbons (Fsp3) is 0.526. The Morgan fingerprint density at radius 2 is 2.25 bits per heavy atom. The van der Waals surface area contributed by atoms with Gasteiger partial charge in [0.15, 0.2) is 0 Å². The summed E-state index contributed by atoms with van der Waals surface area (Å²) >= 11 is 0. The first-order valence-electron chi connectivity index (χ1n) is 8.83. The molecular formula is C19H27N3O2. The largest absolute Gasteiger partial charge is 0.383 e. The summed E-state index contributed by atoms with van der Waals surface area (Å²) in [5.41, 5.74) is 1.83. The molecule has 2 aromatic rings. The Morgan fingerprint density at radius 1 is 1.38 bits per heavy atom. The molecule has 1 aliphatic rings. The molecule has 130 valence electrons. The van der Waals surface area contributed by atoms with Crippen molar-refractivity contribution >= 4 is 16.8 Å². The van der Waals surface area contributed by atoms with Gasteiger partial charge in [0, 0.05) is 48.9 Å². The van der Waals surface area contributed by atoms with E-state index in [4.69, 9.17) is 4.74 Å². The summed E-state index contributed by atoms with van der Waals surface area (Å²) in [5, 5.41) is 4.14. The first kappa shape index (κ1) is 17.0. The van der Waals surface area contributed by atoms with Crippen LogP contribution in [0.5, 0.6) is 0 Å². The molecule has 2 heterocycles. The normalized spacial score (nSPS) is 18.3. The number of likely N-dealkylation sites (N-methyl/N-ethyl adjacent to an activating group) is 1. The number of ether oxygens (including phenoxy) is 1. The molecule has 0 saturated carbocycles. The predicted octanol–water partition coefficient (Wildman–Crippen LogP) is 2.50. The maximum atomic E-state index is 12.7. The van der Waals surface area contributed by atoms with Gasteiger partial charge in [-0.05, 0) is 44.1 Å². The topological polar surface area (TPSA) is 46.5 Å². The Bertz CT molecular complexity index is 695. The number of hydrogen-bond acceptors (Lipinski definition) is 3. The molecule has 1 saturated heterocycles. The van der Waals surface area contributed by atoms with E-state index in [0.717, 1.165) is 42.6 Å². The standard InChI is InChI=1S/C19H27N3O2/c1-3-21-10-5-6-15(21)14-20-19(23)17-7-4-8-18-16(17)9-11-22(18)12-13-24-2/h4,7-9,11,15H,3,5-6,10,12-14H2,1-2H3,(H,20,23)/t15-/m1/s1. The van der Waals surface area contributed by atoms with E-state index in [1.54, 1.807) is 7.11 Å². The second-order valence-electron chi connectivity index (χ2n) is 6.37. The average molecular weight is 329 g/mol. The lowest BCUT2D eigenvalue weighted by atomic mass is 10.1. The number of aromatic nitrogens is 1. The van der Waals surface area contributed by atoms with E-state index in [9.17, 15) is 4.79 Å². The molecule has 1 aromatic heterocycles. The minimum atomic E-state index is 0.0213. The van der Waals surface area contributed by atoms with Gasteiger partial charge in [0.1, 0.15) is 0 Å². The summed E-state index contributed by atoms with van der Waals surface area (Å²) < 4.78 is 7.28. The minimum Gasteiger partial charge on any atom is -0.383 e. The van der Waals surface area contributed by atoms with Gasteiger partial charge in [0.2, 0.25) is 0 Å². The van der Waals surface area contributed by atoms with Crippen LogP contribution in [0, 0.1) is 0 Å². The van der Waals surface area contributed by atoms with Crippen molar-refractivity contribution in [2.75, 3.05) is 33.4 Å². The summed E-state index contributed by atoms with van der Waals surface area (Å²) in [6, 6.07) is 8.41. The first-order valence-corrected chi connectivity index (χ1v) is 8.83. The lowest BCUT2D eigenvalue weighted by Gasteiger charge is -2.22. The highest BCUT2D eigenvalue weighted by molar-refractivity contribution is 6.06. The minimum absolute atomic E-state index is 0.0213. The van der Waals surface area contributed by atoms with Crippen LogP contribution in [0.15, 0.2) is 30.5 Å². The van der Waals surface area contributed by atoms with Gasteiger partial charge < -0.3 is 14.6 Å². The van der Waals surface area contributed by atoms with Crippen molar-refractivity contribution in [2.45, 2.75) is 32.4 Å². The molecule has 0 unspecified atom stereocenters. The van der Waals surface area contributed by atoms with Crippen LogP contribution >= 0.6 is 0 Å². The monoisotopic (exact) mass is 329 g/mol. The number of hydrogen-bond donors (Lipinski definition) is 1. The van der Waals surface area contributed by atoms with Crippen LogP contribution in [-0.4, -0.2) is 54.8 Å². The summed E-state index contributed by atoms with van der Waals surface area (Å²) in [6.07, 6.45) is 4.42. The predicted molar refractivity (Wildman–Crippen MR) is 96.4 cm³/mol. The van der Waals surface area contributed by atoms with Crippen molar-refractivity contribution in [2.24, 2.45) is 0 Å². The summed E-state index contributed by atoms with van der Waals surface area (Å²) in [4.78, 5) is 15.1. The summed E-state index contributed by atoms with van der Waals surface area (Å²) in [7, 11) is 1.70. The Balaban J connectivity index is 1.71. The number of amides is 1. The SMILES string of the molecule is CCN1CCC[C@@H]1CNC(=O)c1cccc2c1ccn2CCOC. The van der Waals surface area contributed by atoms with Crippen LogP contribution in [-0.2, 0) is 11.3 Å². The third-order valence-corrected chi connectivity index (χ3v) is 5.00. The molecule has 1 N–H and O–H groups in total. The molecular weight excluding hydrogens is 302 g/mol. The second kappa shape index (κ2) is 7.81. The van der Waals surface area contributed by atoms with Crippen LogP contribution in [0.4, 0.5) is 0 Å². The molecule has 1 aliphatic heterocycles. The molecule has 5 nitrogen and oxygen atoms in total. The molecule has 24 heavy (non-hydrogen) atoms. The van der Waals surface area contributed by atoms with E-state index >= 15 is 0 Å². The van der Waals surface area contributed by atoms with E-state index in [1.165, 1.54) is 12.8 Å². The molecule has 1 atom stereocenters. The smallest absolute Gasteiger partial charge is 0.252 e. The lowest BCUT2D eigenvalue weighted by molar-refractivity contribution is 0.0943. The van der Waals surface area contributed by atoms with Crippen molar-refractivity contribution in [3.05, 3.63) is 36.0 Å². The summed E-state index contributed by atoms with van der Waals surface area (Å²) in [5.74, 6) is 0.0213. The highest BCUT2D eigenvalue weighted by Crippen LogP contribution is 2.21. The Labute approximate surface area is 143 Å². The molecule has 0 spiro atoms. The number of rotatable bonds is 7. The van der Waals surface area contributed by atoms with Gasteiger partial charge in [0.05, 0.1) is 6.61 Å². The first-order chi connectivity index (χ1) is 11.7. The molecule has 0 radical (unpaired) electrons. The number of carbonyl (C=O) groups is 1. The maximum absolute atomic E-state index is 12.7. The van der Waals surface area contributed by atoms with Gasteiger partial charge in [0.25, 0.3) is 5.91 Å². The molecule has 5 heteroatoms. The fourth-order valence-electron chi connectivity index (χ4n) is 3.65. The second-order valence-corrected chi connectivity index (χ2v) is 6.37. The number of benzene rings is 1. The number of fused-ring (bicyclic) bond motifs is 1. The zero-order valence-electron chi connectivity index (χ0n) is 14.6. The van der Waals surface area contributed by atoms with Gasteiger partial charge in [-0.15, -0.1) is 0 Å². The van der Waals surface area contributed by atoms with Crippen molar-refractivity contribution in [1.29, 1.82) is 0 Å².